The normalized spacial score (nSPS) is 12.7. The molecule has 152 valence electrons. The minimum Gasteiger partial charge on any atom is -0.350 e. The van der Waals surface area contributed by atoms with E-state index < -0.39 is 9.84 Å². The van der Waals surface area contributed by atoms with Crippen molar-refractivity contribution < 1.29 is 13.2 Å². The van der Waals surface area contributed by atoms with Gasteiger partial charge >= 0.3 is 0 Å². The average Bonchev–Trinajstić information content (AvgIpc) is 2.66. The lowest BCUT2D eigenvalue weighted by atomic mass is 10.0. The number of rotatable bonds is 10. The maximum atomic E-state index is 12.6. The predicted octanol–water partition coefficient (Wildman–Crippen LogP) is 2.91. The molecule has 2 rings (SSSR count). The summed E-state index contributed by atoms with van der Waals surface area (Å²) >= 11 is 0. The number of nitrogens with one attached hydrogen (secondary N) is 1. The fraction of sp³-hybridized carbons (Fsp3) is 0.409. The number of sulfone groups is 1. The number of benzene rings is 2. The number of hydrogen-bond acceptors (Lipinski definition) is 4. The van der Waals surface area contributed by atoms with E-state index in [0.717, 1.165) is 19.5 Å². The van der Waals surface area contributed by atoms with E-state index in [1.165, 1.54) is 11.8 Å². The molecule has 0 aromatic heterocycles. The minimum absolute atomic E-state index is 0.0653. The molecule has 28 heavy (non-hydrogen) atoms. The highest BCUT2D eigenvalue weighted by molar-refractivity contribution is 7.89. The van der Waals surface area contributed by atoms with Crippen LogP contribution in [0.15, 0.2) is 54.6 Å². The second-order valence-corrected chi connectivity index (χ2v) is 9.19. The summed E-state index contributed by atoms with van der Waals surface area (Å²) in [7, 11) is -3.14. The second kappa shape index (κ2) is 10.4. The molecule has 1 unspecified atom stereocenters. The summed E-state index contributed by atoms with van der Waals surface area (Å²) in [5.41, 5.74) is 2.35. The highest BCUT2D eigenvalue weighted by Crippen LogP contribution is 2.11. The van der Waals surface area contributed by atoms with E-state index in [1.807, 2.05) is 18.2 Å². The van der Waals surface area contributed by atoms with Gasteiger partial charge in [0, 0.05) is 24.4 Å². The van der Waals surface area contributed by atoms with Gasteiger partial charge in [0.05, 0.1) is 5.75 Å². The van der Waals surface area contributed by atoms with Crippen molar-refractivity contribution in [1.29, 1.82) is 0 Å². The fourth-order valence-electron chi connectivity index (χ4n) is 3.37. The Labute approximate surface area is 168 Å². The molecule has 0 saturated carbocycles. The monoisotopic (exact) mass is 402 g/mol. The predicted molar refractivity (Wildman–Crippen MR) is 114 cm³/mol. The van der Waals surface area contributed by atoms with Crippen LogP contribution in [0, 0.1) is 0 Å². The Kier molecular flexibility index (Phi) is 8.20. The lowest BCUT2D eigenvalue weighted by molar-refractivity contribution is 0.0934. The number of amides is 1. The zero-order valence-corrected chi connectivity index (χ0v) is 17.7. The first kappa shape index (κ1) is 22.1. The molecule has 0 aliphatic heterocycles. The van der Waals surface area contributed by atoms with Crippen LogP contribution >= 0.6 is 0 Å². The Morgan fingerprint density at radius 2 is 1.64 bits per heavy atom. The van der Waals surface area contributed by atoms with Gasteiger partial charge in [-0.05, 0) is 42.8 Å². The van der Waals surface area contributed by atoms with Gasteiger partial charge in [-0.25, -0.2) is 8.42 Å². The van der Waals surface area contributed by atoms with Crippen molar-refractivity contribution in [2.24, 2.45) is 0 Å². The molecule has 0 bridgehead atoms. The topological polar surface area (TPSA) is 66.5 Å². The van der Waals surface area contributed by atoms with E-state index in [2.05, 4.69) is 36.2 Å². The Morgan fingerprint density at radius 1 is 1.00 bits per heavy atom. The maximum Gasteiger partial charge on any atom is 0.251 e. The highest BCUT2D eigenvalue weighted by atomic mass is 32.2. The molecule has 0 fully saturated rings. The maximum absolute atomic E-state index is 12.6. The molecule has 2 aromatic carbocycles. The van der Waals surface area contributed by atoms with Gasteiger partial charge in [0.15, 0.2) is 9.84 Å². The lowest BCUT2D eigenvalue weighted by Gasteiger charge is -2.30. The van der Waals surface area contributed by atoms with Crippen LogP contribution in [0.2, 0.25) is 0 Å². The van der Waals surface area contributed by atoms with Crippen LogP contribution in [0.3, 0.4) is 0 Å². The molecule has 5 nitrogen and oxygen atoms in total. The van der Waals surface area contributed by atoms with Gasteiger partial charge in [-0.2, -0.15) is 0 Å². The van der Waals surface area contributed by atoms with E-state index in [-0.39, 0.29) is 17.7 Å². The van der Waals surface area contributed by atoms with Crippen molar-refractivity contribution in [3.8, 4) is 0 Å². The number of nitrogens with zero attached hydrogens (tertiary/aromatic N) is 1. The van der Waals surface area contributed by atoms with Crippen LogP contribution < -0.4 is 5.32 Å². The van der Waals surface area contributed by atoms with Crippen molar-refractivity contribution >= 4 is 15.7 Å². The Morgan fingerprint density at radius 3 is 2.25 bits per heavy atom. The van der Waals surface area contributed by atoms with Gasteiger partial charge in [-0.15, -0.1) is 0 Å². The van der Waals surface area contributed by atoms with Gasteiger partial charge in [0.1, 0.15) is 0 Å². The summed E-state index contributed by atoms with van der Waals surface area (Å²) in [6.45, 7) is 6.60. The van der Waals surface area contributed by atoms with Gasteiger partial charge in [-0.1, -0.05) is 56.3 Å². The second-order valence-electron chi connectivity index (χ2n) is 7.05. The average molecular weight is 403 g/mol. The first-order valence-corrected chi connectivity index (χ1v) is 11.7. The summed E-state index contributed by atoms with van der Waals surface area (Å²) < 4.78 is 23.0. The number of likely N-dealkylation sites (N-methyl/N-ethyl adjacent to an activating group) is 1. The first-order chi connectivity index (χ1) is 13.3. The summed E-state index contributed by atoms with van der Waals surface area (Å²) in [5.74, 6) is -0.245. The molecule has 1 atom stereocenters. The molecule has 0 radical (unpaired) electrons. The lowest BCUT2D eigenvalue weighted by Crippen LogP contribution is -2.45. The van der Waals surface area contributed by atoms with Gasteiger partial charge < -0.3 is 5.32 Å². The molecule has 0 saturated heterocycles. The van der Waals surface area contributed by atoms with Crippen LogP contribution in [-0.2, 0) is 22.0 Å². The molecule has 2 aromatic rings. The van der Waals surface area contributed by atoms with Crippen LogP contribution in [0.1, 0.15) is 35.3 Å². The number of carbonyl (C=O) groups excluding carboxylic acids is 1. The molecule has 1 N–H and O–H groups in total. The van der Waals surface area contributed by atoms with Gasteiger partial charge in [-0.3, -0.25) is 9.69 Å². The standard InChI is InChI=1S/C22H30N2O3S/c1-4-24(5-2)21(15-18-10-7-6-8-11-18)16-23-22(25)20-13-9-12-19(14-20)17-28(3,26)27/h6-14,21H,4-5,15-17H2,1-3H3,(H,23,25). The van der Waals surface area contributed by atoms with Crippen molar-refractivity contribution in [3.63, 3.8) is 0 Å². The molecule has 0 aliphatic rings. The summed E-state index contributed by atoms with van der Waals surface area (Å²) in [4.78, 5) is 15.0. The van der Waals surface area contributed by atoms with Gasteiger partial charge in [0.2, 0.25) is 0 Å². The van der Waals surface area contributed by atoms with Crippen molar-refractivity contribution in [3.05, 3.63) is 71.3 Å². The van der Waals surface area contributed by atoms with E-state index in [4.69, 9.17) is 0 Å². The third-order valence-electron chi connectivity index (χ3n) is 4.76. The molecular weight excluding hydrogens is 372 g/mol. The minimum atomic E-state index is -3.14. The Hall–Kier alpha value is -2.18. The Balaban J connectivity index is 2.07. The Bertz CT molecular complexity index is 862. The zero-order valence-electron chi connectivity index (χ0n) is 16.9. The molecule has 0 spiro atoms. The van der Waals surface area contributed by atoms with Crippen LogP contribution in [0.5, 0.6) is 0 Å². The molecule has 0 aliphatic carbocycles. The summed E-state index contributed by atoms with van der Waals surface area (Å²) in [6.07, 6.45) is 2.05. The quantitative estimate of drug-likeness (QED) is 0.664. The van der Waals surface area contributed by atoms with Gasteiger partial charge in [0.25, 0.3) is 5.91 Å². The van der Waals surface area contributed by atoms with Crippen molar-refractivity contribution in [1.82, 2.24) is 10.2 Å². The SMILES string of the molecule is CCN(CC)C(CNC(=O)c1cccc(CS(C)(=O)=O)c1)Cc1ccccc1. The van der Waals surface area contributed by atoms with Crippen molar-refractivity contribution in [2.45, 2.75) is 32.1 Å². The highest BCUT2D eigenvalue weighted by Gasteiger charge is 2.18. The summed E-state index contributed by atoms with van der Waals surface area (Å²) in [5, 5.41) is 3.03. The van der Waals surface area contributed by atoms with E-state index in [1.54, 1.807) is 24.3 Å². The number of carbonyl (C=O) groups is 1. The summed E-state index contributed by atoms with van der Waals surface area (Å²) in [6, 6.07) is 17.3. The zero-order chi connectivity index (χ0) is 20.6. The smallest absolute Gasteiger partial charge is 0.251 e. The largest absolute Gasteiger partial charge is 0.350 e. The third kappa shape index (κ3) is 7.09. The van der Waals surface area contributed by atoms with E-state index in [9.17, 15) is 13.2 Å². The molecule has 6 heteroatoms. The first-order valence-electron chi connectivity index (χ1n) is 9.65. The van der Waals surface area contributed by atoms with Crippen LogP contribution in [0.4, 0.5) is 0 Å². The molecule has 1 amide bonds. The van der Waals surface area contributed by atoms with Crippen molar-refractivity contribution in [2.75, 3.05) is 25.9 Å². The molecular formula is C22H30N2O3S. The molecule has 0 heterocycles. The van der Waals surface area contributed by atoms with E-state index >= 15 is 0 Å². The third-order valence-corrected chi connectivity index (χ3v) is 5.62. The van der Waals surface area contributed by atoms with Crippen LogP contribution in [-0.4, -0.2) is 51.2 Å². The van der Waals surface area contributed by atoms with Crippen LogP contribution in [0.25, 0.3) is 0 Å². The number of hydrogen-bond donors (Lipinski definition) is 1. The fourth-order valence-corrected chi connectivity index (χ4v) is 4.16. The van der Waals surface area contributed by atoms with E-state index in [0.29, 0.717) is 17.7 Å².